The van der Waals surface area contributed by atoms with Crippen molar-refractivity contribution in [2.45, 2.75) is 123 Å². The molecule has 4 nitrogen and oxygen atoms in total. The Morgan fingerprint density at radius 1 is 0.882 bits per heavy atom. The number of hydrogen-bond acceptors (Lipinski definition) is 4. The molecule has 0 bridgehead atoms. The lowest BCUT2D eigenvalue weighted by Crippen LogP contribution is -2.76. The Kier molecular flexibility index (Phi) is 7.35. The molecule has 0 amide bonds. The third-order valence-corrected chi connectivity index (χ3v) is 11.9. The van der Waals surface area contributed by atoms with E-state index in [9.17, 15) is 15.3 Å². The molecule has 3 N–H and O–H groups in total. The maximum absolute atomic E-state index is 12.3. The van der Waals surface area contributed by atoms with Gasteiger partial charge >= 0.3 is 0 Å². The normalized spacial score (nSPS) is 49.6. The lowest BCUT2D eigenvalue weighted by Gasteiger charge is -2.69. The van der Waals surface area contributed by atoms with Crippen molar-refractivity contribution >= 4 is 0 Å². The minimum absolute atomic E-state index is 0.314. The second-order valence-corrected chi connectivity index (χ2v) is 14.6. The van der Waals surface area contributed by atoms with Gasteiger partial charge in [-0.2, -0.15) is 0 Å². The number of fused-ring (bicyclic) bond motifs is 5. The van der Waals surface area contributed by atoms with Crippen molar-refractivity contribution in [3.8, 4) is 0 Å². The topological polar surface area (TPSA) is 63.9 Å². The summed E-state index contributed by atoms with van der Waals surface area (Å²) in [5, 5.41) is 35.1. The molecule has 10 atom stereocenters. The van der Waals surface area contributed by atoms with Gasteiger partial charge in [0, 0.05) is 18.4 Å². The third kappa shape index (κ3) is 4.11. The summed E-state index contributed by atoms with van der Waals surface area (Å²) in [6, 6.07) is 0. The molecule has 0 unspecified atom stereocenters. The van der Waals surface area contributed by atoms with Gasteiger partial charge in [0.05, 0.1) is 6.10 Å². The molecule has 198 valence electrons. The molecule has 34 heavy (non-hydrogen) atoms. The highest BCUT2D eigenvalue weighted by atomic mass is 16.4. The van der Waals surface area contributed by atoms with Gasteiger partial charge in [0.25, 0.3) is 0 Å². The van der Waals surface area contributed by atoms with Crippen LogP contribution in [-0.2, 0) is 0 Å². The van der Waals surface area contributed by atoms with Crippen LogP contribution in [0.1, 0.15) is 105 Å². The Hall–Kier alpha value is -0.160. The van der Waals surface area contributed by atoms with E-state index in [4.69, 9.17) is 0 Å². The van der Waals surface area contributed by atoms with Gasteiger partial charge in [0.1, 0.15) is 11.2 Å². The fourth-order valence-electron chi connectivity index (χ4n) is 10.2. The van der Waals surface area contributed by atoms with E-state index in [0.29, 0.717) is 42.6 Å². The molecule has 0 aliphatic heterocycles. The van der Waals surface area contributed by atoms with Gasteiger partial charge in [0.2, 0.25) is 0 Å². The fraction of sp³-hybridized carbons (Fsp3) is 1.00. The second-order valence-electron chi connectivity index (χ2n) is 14.6. The molecular formula is C30H55NO3. The van der Waals surface area contributed by atoms with Crippen LogP contribution in [0.2, 0.25) is 0 Å². The predicted octanol–water partition coefficient (Wildman–Crippen LogP) is 5.49. The van der Waals surface area contributed by atoms with Crippen LogP contribution in [0.15, 0.2) is 0 Å². The molecule has 4 saturated carbocycles. The Balaban J connectivity index is 1.63. The Labute approximate surface area is 209 Å². The van der Waals surface area contributed by atoms with Crippen LogP contribution in [0.25, 0.3) is 0 Å². The quantitative estimate of drug-likeness (QED) is 0.454. The molecule has 0 heterocycles. The van der Waals surface area contributed by atoms with Crippen molar-refractivity contribution in [1.29, 1.82) is 0 Å². The summed E-state index contributed by atoms with van der Waals surface area (Å²) < 4.78 is 0. The molecule has 0 spiro atoms. The van der Waals surface area contributed by atoms with Crippen LogP contribution in [0.4, 0.5) is 0 Å². The Morgan fingerprint density at radius 3 is 2.24 bits per heavy atom. The molecule has 0 aromatic carbocycles. The third-order valence-electron chi connectivity index (χ3n) is 11.9. The molecule has 0 aromatic heterocycles. The van der Waals surface area contributed by atoms with Gasteiger partial charge in [-0.15, -0.1) is 0 Å². The van der Waals surface area contributed by atoms with E-state index in [2.05, 4.69) is 34.6 Å². The number of rotatable bonds is 7. The van der Waals surface area contributed by atoms with E-state index < -0.39 is 17.3 Å². The maximum atomic E-state index is 12.3. The number of hydrogen-bond donors (Lipinski definition) is 3. The second kappa shape index (κ2) is 9.30. The zero-order chi connectivity index (χ0) is 25.1. The van der Waals surface area contributed by atoms with E-state index >= 15 is 0 Å². The minimum Gasteiger partial charge on any atom is -0.393 e. The van der Waals surface area contributed by atoms with E-state index in [1.165, 1.54) is 44.9 Å². The largest absolute Gasteiger partial charge is 0.393 e. The van der Waals surface area contributed by atoms with Crippen LogP contribution in [-0.4, -0.2) is 58.2 Å². The van der Waals surface area contributed by atoms with Crippen LogP contribution in [0, 0.1) is 46.3 Å². The van der Waals surface area contributed by atoms with Gasteiger partial charge in [-0.05, 0) is 100.0 Å². The number of nitrogens with zero attached hydrogens (tertiary/aromatic N) is 1. The van der Waals surface area contributed by atoms with Crippen molar-refractivity contribution in [2.24, 2.45) is 46.3 Å². The minimum atomic E-state index is -1.22. The highest BCUT2D eigenvalue weighted by Crippen LogP contribution is 2.70. The smallest absolute Gasteiger partial charge is 0.107 e. The first-order valence-electron chi connectivity index (χ1n) is 14.5. The Morgan fingerprint density at radius 2 is 1.59 bits per heavy atom. The molecule has 0 saturated heterocycles. The molecule has 0 radical (unpaired) electrons. The van der Waals surface area contributed by atoms with Crippen molar-refractivity contribution < 1.29 is 15.3 Å². The van der Waals surface area contributed by atoms with Crippen LogP contribution >= 0.6 is 0 Å². The summed E-state index contributed by atoms with van der Waals surface area (Å²) in [4.78, 5) is 2.04. The summed E-state index contributed by atoms with van der Waals surface area (Å²) in [7, 11) is 4.00. The predicted molar refractivity (Wildman–Crippen MR) is 139 cm³/mol. The van der Waals surface area contributed by atoms with Crippen molar-refractivity contribution in [2.75, 3.05) is 20.6 Å². The number of aliphatic hydroxyl groups excluding tert-OH is 1. The molecule has 4 aliphatic carbocycles. The molecule has 0 aromatic rings. The fourth-order valence-corrected chi connectivity index (χ4v) is 10.2. The zero-order valence-electron chi connectivity index (χ0n) is 23.3. The van der Waals surface area contributed by atoms with E-state index in [-0.39, 0.29) is 5.41 Å². The first-order chi connectivity index (χ1) is 15.8. The molecular weight excluding hydrogens is 422 g/mol. The highest BCUT2D eigenvalue weighted by molar-refractivity contribution is 5.22. The lowest BCUT2D eigenvalue weighted by atomic mass is 9.39. The van der Waals surface area contributed by atoms with Gasteiger partial charge in [-0.25, -0.2) is 0 Å². The van der Waals surface area contributed by atoms with E-state index in [1.807, 2.05) is 19.0 Å². The van der Waals surface area contributed by atoms with Crippen LogP contribution in [0.3, 0.4) is 0 Å². The summed E-state index contributed by atoms with van der Waals surface area (Å²) in [6.45, 7) is 12.5. The molecule has 4 heteroatoms. The van der Waals surface area contributed by atoms with Gasteiger partial charge < -0.3 is 20.2 Å². The van der Waals surface area contributed by atoms with E-state index in [0.717, 1.165) is 30.6 Å². The van der Waals surface area contributed by atoms with Gasteiger partial charge in [0.15, 0.2) is 0 Å². The van der Waals surface area contributed by atoms with Crippen molar-refractivity contribution in [3.63, 3.8) is 0 Å². The van der Waals surface area contributed by atoms with E-state index in [1.54, 1.807) is 0 Å². The van der Waals surface area contributed by atoms with Crippen molar-refractivity contribution in [1.82, 2.24) is 4.90 Å². The summed E-state index contributed by atoms with van der Waals surface area (Å²) in [5.41, 5.74) is -2.37. The van der Waals surface area contributed by atoms with Gasteiger partial charge in [-0.3, -0.25) is 0 Å². The first kappa shape index (κ1) is 26.9. The molecule has 4 fully saturated rings. The first-order valence-corrected chi connectivity index (χ1v) is 14.5. The summed E-state index contributed by atoms with van der Waals surface area (Å²) in [5.74, 6) is 3.91. The zero-order valence-corrected chi connectivity index (χ0v) is 23.3. The van der Waals surface area contributed by atoms with Crippen LogP contribution in [0.5, 0.6) is 0 Å². The molecule has 4 aliphatic rings. The van der Waals surface area contributed by atoms with Crippen molar-refractivity contribution in [3.05, 3.63) is 0 Å². The number of aliphatic hydroxyl groups is 3. The number of likely N-dealkylation sites (N-methyl/N-ethyl adjacent to an activating group) is 1. The average Bonchev–Trinajstić information content (AvgIpc) is 3.07. The SMILES string of the molecule is CC(C)CCC[C@@H](C)[C@H]1CC[C@H]2[C@@H]3C[C@](O)(CN(C)C)[C@@]4(O)C[C@H](O)CC[C@]4(C)[C@H]3CC[C@]12C. The average molecular weight is 478 g/mol. The maximum Gasteiger partial charge on any atom is 0.107 e. The molecule has 4 rings (SSSR count). The van der Waals surface area contributed by atoms with Crippen LogP contribution < -0.4 is 0 Å². The summed E-state index contributed by atoms with van der Waals surface area (Å²) in [6.07, 6.45) is 11.1. The lowest BCUT2D eigenvalue weighted by molar-refractivity contribution is -0.308. The monoisotopic (exact) mass is 477 g/mol. The highest BCUT2D eigenvalue weighted by Gasteiger charge is 2.72. The standard InChI is InChI=1S/C30H55NO3/c1-20(2)9-8-10-21(3)24-11-12-25-23-18-29(33,19-31(6)7)30(34)17-22(32)13-16-28(30,5)26(23)14-15-27(24,25)4/h20-26,32-34H,8-19H2,1-7H3/t21-,22-,23+,24-,25+,26+,27-,28-,29+,30-/m1/s1. The Bertz CT molecular complexity index is 726. The van der Waals surface area contributed by atoms with Gasteiger partial charge in [-0.1, -0.05) is 53.9 Å². The summed E-state index contributed by atoms with van der Waals surface area (Å²) >= 11 is 0.